The van der Waals surface area contributed by atoms with E-state index in [1.165, 1.54) is 18.2 Å². The Morgan fingerprint density at radius 1 is 1.14 bits per heavy atom. The molecule has 0 radical (unpaired) electrons. The SMILES string of the molecule is Cc1ccc(-c2cc(C(=O)Nc3cccc(F)c3)[nH]n2)cc1. The number of anilines is 1. The van der Waals surface area contributed by atoms with Crippen LogP contribution in [0, 0.1) is 12.7 Å². The number of rotatable bonds is 3. The third-order valence-corrected chi connectivity index (χ3v) is 3.25. The van der Waals surface area contributed by atoms with E-state index >= 15 is 0 Å². The van der Waals surface area contributed by atoms with Gasteiger partial charge in [0.05, 0.1) is 5.69 Å². The quantitative estimate of drug-likeness (QED) is 0.772. The first-order chi connectivity index (χ1) is 10.6. The van der Waals surface area contributed by atoms with E-state index in [-0.39, 0.29) is 5.91 Å². The Morgan fingerprint density at radius 2 is 1.91 bits per heavy atom. The van der Waals surface area contributed by atoms with Crippen LogP contribution in [0.3, 0.4) is 0 Å². The van der Waals surface area contributed by atoms with E-state index in [9.17, 15) is 9.18 Å². The van der Waals surface area contributed by atoms with Crippen molar-refractivity contribution in [1.82, 2.24) is 10.2 Å². The van der Waals surface area contributed by atoms with Crippen LogP contribution in [0.1, 0.15) is 16.1 Å². The minimum atomic E-state index is -0.400. The van der Waals surface area contributed by atoms with Crippen LogP contribution in [0.2, 0.25) is 0 Å². The molecule has 2 aromatic carbocycles. The third-order valence-electron chi connectivity index (χ3n) is 3.25. The average Bonchev–Trinajstić information content (AvgIpc) is 2.98. The van der Waals surface area contributed by atoms with Crippen LogP contribution in [-0.4, -0.2) is 16.1 Å². The minimum Gasteiger partial charge on any atom is -0.321 e. The molecule has 0 fully saturated rings. The van der Waals surface area contributed by atoms with Crippen LogP contribution >= 0.6 is 0 Å². The Labute approximate surface area is 127 Å². The fourth-order valence-corrected chi connectivity index (χ4v) is 2.07. The summed E-state index contributed by atoms with van der Waals surface area (Å²) in [5.41, 5.74) is 3.48. The summed E-state index contributed by atoms with van der Waals surface area (Å²) in [5, 5.41) is 9.46. The number of amides is 1. The summed E-state index contributed by atoms with van der Waals surface area (Å²) in [6, 6.07) is 15.3. The van der Waals surface area contributed by atoms with Crippen LogP contribution in [0.15, 0.2) is 54.6 Å². The predicted octanol–water partition coefficient (Wildman–Crippen LogP) is 3.78. The van der Waals surface area contributed by atoms with Crippen molar-refractivity contribution in [2.24, 2.45) is 0 Å². The first-order valence-electron chi connectivity index (χ1n) is 6.81. The van der Waals surface area contributed by atoms with Gasteiger partial charge in [0.25, 0.3) is 5.91 Å². The number of H-pyrrole nitrogens is 1. The monoisotopic (exact) mass is 295 g/mol. The molecule has 0 atom stereocenters. The van der Waals surface area contributed by atoms with Gasteiger partial charge in [-0.2, -0.15) is 5.10 Å². The molecule has 1 heterocycles. The van der Waals surface area contributed by atoms with Crippen molar-refractivity contribution in [2.75, 3.05) is 5.32 Å². The Bertz CT molecular complexity index is 809. The van der Waals surface area contributed by atoms with E-state index in [0.29, 0.717) is 17.1 Å². The van der Waals surface area contributed by atoms with Crippen molar-refractivity contribution in [2.45, 2.75) is 6.92 Å². The van der Waals surface area contributed by atoms with Gasteiger partial charge in [-0.15, -0.1) is 0 Å². The molecule has 5 heteroatoms. The number of carbonyl (C=O) groups is 1. The highest BCUT2D eigenvalue weighted by atomic mass is 19.1. The summed E-state index contributed by atoms with van der Waals surface area (Å²) >= 11 is 0. The van der Waals surface area contributed by atoms with Crippen molar-refractivity contribution in [3.63, 3.8) is 0 Å². The number of hydrogen-bond donors (Lipinski definition) is 2. The standard InChI is InChI=1S/C17H14FN3O/c1-11-5-7-12(8-6-11)15-10-16(21-20-15)17(22)19-14-4-2-3-13(18)9-14/h2-10H,1H3,(H,19,22)(H,20,21). The molecule has 3 aromatic rings. The lowest BCUT2D eigenvalue weighted by Gasteiger charge is -2.02. The summed E-state index contributed by atoms with van der Waals surface area (Å²) < 4.78 is 13.1. The minimum absolute atomic E-state index is 0.319. The Balaban J connectivity index is 1.78. The van der Waals surface area contributed by atoms with E-state index in [2.05, 4.69) is 15.5 Å². The third kappa shape index (κ3) is 3.03. The van der Waals surface area contributed by atoms with E-state index < -0.39 is 5.82 Å². The summed E-state index contributed by atoms with van der Waals surface area (Å²) in [5.74, 6) is -0.765. The zero-order chi connectivity index (χ0) is 15.5. The van der Waals surface area contributed by atoms with E-state index in [1.54, 1.807) is 12.1 Å². The molecule has 2 N–H and O–H groups in total. The van der Waals surface area contributed by atoms with Crippen LogP contribution in [0.25, 0.3) is 11.3 Å². The smallest absolute Gasteiger partial charge is 0.273 e. The molecule has 0 aliphatic heterocycles. The number of hydrogen-bond acceptors (Lipinski definition) is 2. The molecule has 1 aromatic heterocycles. The molecule has 0 aliphatic carbocycles. The Kier molecular flexibility index (Phi) is 3.70. The van der Waals surface area contributed by atoms with Crippen molar-refractivity contribution >= 4 is 11.6 Å². The molecule has 0 spiro atoms. The topological polar surface area (TPSA) is 57.8 Å². The van der Waals surface area contributed by atoms with Crippen molar-refractivity contribution < 1.29 is 9.18 Å². The normalized spacial score (nSPS) is 10.5. The number of nitrogens with one attached hydrogen (secondary N) is 2. The Morgan fingerprint density at radius 3 is 2.64 bits per heavy atom. The van der Waals surface area contributed by atoms with Crippen molar-refractivity contribution in [1.29, 1.82) is 0 Å². The predicted molar refractivity (Wildman–Crippen MR) is 83.1 cm³/mol. The average molecular weight is 295 g/mol. The maximum Gasteiger partial charge on any atom is 0.273 e. The highest BCUT2D eigenvalue weighted by molar-refractivity contribution is 6.03. The first kappa shape index (κ1) is 14.0. The molecule has 0 saturated carbocycles. The molecule has 22 heavy (non-hydrogen) atoms. The van der Waals surface area contributed by atoms with E-state index in [4.69, 9.17) is 0 Å². The Hall–Kier alpha value is -2.95. The first-order valence-corrected chi connectivity index (χ1v) is 6.81. The van der Waals surface area contributed by atoms with E-state index in [1.807, 2.05) is 31.2 Å². The largest absolute Gasteiger partial charge is 0.321 e. The summed E-state index contributed by atoms with van der Waals surface area (Å²) in [6.45, 7) is 2.01. The molecule has 110 valence electrons. The van der Waals surface area contributed by atoms with Crippen LogP contribution in [0.5, 0.6) is 0 Å². The summed E-state index contributed by atoms with van der Waals surface area (Å²) in [6.07, 6.45) is 0. The molecule has 0 aliphatic rings. The lowest BCUT2D eigenvalue weighted by atomic mass is 10.1. The maximum absolute atomic E-state index is 13.1. The van der Waals surface area contributed by atoms with Gasteiger partial charge >= 0.3 is 0 Å². The van der Waals surface area contributed by atoms with Gasteiger partial charge in [-0.05, 0) is 31.2 Å². The molecule has 0 bridgehead atoms. The lowest BCUT2D eigenvalue weighted by molar-refractivity contribution is 0.102. The molecular weight excluding hydrogens is 281 g/mol. The van der Waals surface area contributed by atoms with Gasteiger partial charge in [0.2, 0.25) is 0 Å². The van der Waals surface area contributed by atoms with Crippen LogP contribution < -0.4 is 5.32 Å². The molecule has 1 amide bonds. The second kappa shape index (κ2) is 5.81. The van der Waals surface area contributed by atoms with Crippen molar-refractivity contribution in [3.05, 3.63) is 71.7 Å². The van der Waals surface area contributed by atoms with Crippen LogP contribution in [0.4, 0.5) is 10.1 Å². The highest BCUT2D eigenvalue weighted by Crippen LogP contribution is 2.19. The summed E-state index contributed by atoms with van der Waals surface area (Å²) in [7, 11) is 0. The maximum atomic E-state index is 13.1. The fraction of sp³-hybridized carbons (Fsp3) is 0.0588. The zero-order valence-corrected chi connectivity index (χ0v) is 11.9. The zero-order valence-electron chi connectivity index (χ0n) is 11.9. The second-order valence-electron chi connectivity index (χ2n) is 5.00. The molecule has 3 rings (SSSR count). The van der Waals surface area contributed by atoms with Gasteiger partial charge in [0.1, 0.15) is 11.5 Å². The lowest BCUT2D eigenvalue weighted by Crippen LogP contribution is -2.12. The molecule has 0 saturated heterocycles. The van der Waals surface area contributed by atoms with Gasteiger partial charge in [-0.25, -0.2) is 4.39 Å². The molecular formula is C17H14FN3O. The molecule has 4 nitrogen and oxygen atoms in total. The number of benzene rings is 2. The second-order valence-corrected chi connectivity index (χ2v) is 5.00. The molecule has 0 unspecified atom stereocenters. The highest BCUT2D eigenvalue weighted by Gasteiger charge is 2.11. The van der Waals surface area contributed by atoms with Gasteiger partial charge < -0.3 is 5.32 Å². The summed E-state index contributed by atoms with van der Waals surface area (Å²) in [4.78, 5) is 12.1. The van der Waals surface area contributed by atoms with Gasteiger partial charge in [0.15, 0.2) is 0 Å². The van der Waals surface area contributed by atoms with Crippen LogP contribution in [-0.2, 0) is 0 Å². The van der Waals surface area contributed by atoms with Gasteiger partial charge in [-0.3, -0.25) is 9.89 Å². The number of halogens is 1. The van der Waals surface area contributed by atoms with Crippen molar-refractivity contribution in [3.8, 4) is 11.3 Å². The number of aromatic amines is 1. The number of aryl methyl sites for hydroxylation is 1. The van der Waals surface area contributed by atoms with Gasteiger partial charge in [0, 0.05) is 11.3 Å². The fourth-order valence-electron chi connectivity index (χ4n) is 2.07. The number of aromatic nitrogens is 2. The number of carbonyl (C=O) groups excluding carboxylic acids is 1. The number of nitrogens with zero attached hydrogens (tertiary/aromatic N) is 1. The van der Waals surface area contributed by atoms with E-state index in [0.717, 1.165) is 11.1 Å². The van der Waals surface area contributed by atoms with Gasteiger partial charge in [-0.1, -0.05) is 35.9 Å².